The van der Waals surface area contributed by atoms with E-state index in [9.17, 15) is 9.18 Å². The molecule has 5 rings (SSSR count). The van der Waals surface area contributed by atoms with Crippen molar-refractivity contribution in [3.05, 3.63) is 88.5 Å². The first-order valence-electron chi connectivity index (χ1n) is 9.84. The van der Waals surface area contributed by atoms with Crippen molar-refractivity contribution in [1.29, 1.82) is 0 Å². The number of halogens is 1. The van der Waals surface area contributed by atoms with Gasteiger partial charge in [-0.15, -0.1) is 0 Å². The Morgan fingerprint density at radius 3 is 2.72 bits per heavy atom. The summed E-state index contributed by atoms with van der Waals surface area (Å²) in [4.78, 5) is 22.4. The van der Waals surface area contributed by atoms with E-state index in [0.717, 1.165) is 0 Å². The number of nitrogens with zero attached hydrogens (tertiary/aromatic N) is 4. The van der Waals surface area contributed by atoms with Gasteiger partial charge in [0.25, 0.3) is 5.56 Å². The second-order valence-corrected chi connectivity index (χ2v) is 8.49. The predicted molar refractivity (Wildman–Crippen MR) is 118 cm³/mol. The molecule has 5 aromatic rings. The molecular formula is C23H17FN4O3S. The van der Waals surface area contributed by atoms with E-state index in [1.165, 1.54) is 28.7 Å². The Morgan fingerprint density at radius 1 is 1.09 bits per heavy atom. The van der Waals surface area contributed by atoms with E-state index in [-0.39, 0.29) is 10.8 Å². The molecule has 0 aliphatic carbocycles. The third-order valence-electron chi connectivity index (χ3n) is 4.97. The molecule has 32 heavy (non-hydrogen) atoms. The average molecular weight is 448 g/mol. The summed E-state index contributed by atoms with van der Waals surface area (Å²) in [6.07, 6.45) is 1.53. The molecule has 3 heterocycles. The first-order valence-corrected chi connectivity index (χ1v) is 10.7. The molecule has 0 unspecified atom stereocenters. The molecule has 160 valence electrons. The van der Waals surface area contributed by atoms with E-state index in [4.69, 9.17) is 8.94 Å². The summed E-state index contributed by atoms with van der Waals surface area (Å²) in [6.45, 7) is 3.54. The zero-order chi connectivity index (χ0) is 22.2. The van der Waals surface area contributed by atoms with Crippen molar-refractivity contribution in [3.8, 4) is 17.3 Å². The summed E-state index contributed by atoms with van der Waals surface area (Å²) < 4.78 is 26.4. The summed E-state index contributed by atoms with van der Waals surface area (Å²) in [6, 6.07) is 15.2. The molecule has 0 bridgehead atoms. The van der Waals surface area contributed by atoms with Crippen molar-refractivity contribution in [3.63, 3.8) is 0 Å². The van der Waals surface area contributed by atoms with Gasteiger partial charge in [0, 0.05) is 0 Å². The Morgan fingerprint density at radius 2 is 1.94 bits per heavy atom. The summed E-state index contributed by atoms with van der Waals surface area (Å²) >= 11 is 1.27. The van der Waals surface area contributed by atoms with Crippen LogP contribution in [0.2, 0.25) is 0 Å². The number of aromatic nitrogens is 4. The summed E-state index contributed by atoms with van der Waals surface area (Å²) in [5.74, 6) is 0.784. The highest BCUT2D eigenvalue weighted by atomic mass is 32.2. The molecule has 0 N–H and O–H groups in total. The van der Waals surface area contributed by atoms with Gasteiger partial charge in [0.15, 0.2) is 10.9 Å². The second-order valence-electron chi connectivity index (χ2n) is 7.18. The minimum atomic E-state index is -0.397. The number of thioether (sulfide) groups is 1. The number of hydrogen-bond donors (Lipinski definition) is 0. The third-order valence-corrected chi connectivity index (χ3v) is 6.01. The smallest absolute Gasteiger partial charge is 0.266 e. The first kappa shape index (κ1) is 20.2. The van der Waals surface area contributed by atoms with Crippen LogP contribution in [0, 0.1) is 12.7 Å². The molecule has 9 heteroatoms. The average Bonchev–Trinajstić information content (AvgIpc) is 3.48. The van der Waals surface area contributed by atoms with Gasteiger partial charge in [-0.2, -0.15) is 4.98 Å². The fraction of sp³-hybridized carbons (Fsp3) is 0.130. The van der Waals surface area contributed by atoms with Crippen LogP contribution in [0.1, 0.15) is 23.6 Å². The molecule has 0 aliphatic rings. The molecule has 0 radical (unpaired) electrons. The van der Waals surface area contributed by atoms with Crippen LogP contribution in [-0.2, 0) is 0 Å². The van der Waals surface area contributed by atoms with E-state index in [2.05, 4.69) is 15.1 Å². The van der Waals surface area contributed by atoms with Crippen LogP contribution in [0.5, 0.6) is 0 Å². The monoisotopic (exact) mass is 448 g/mol. The molecule has 0 saturated heterocycles. The highest BCUT2D eigenvalue weighted by Crippen LogP contribution is 2.35. The van der Waals surface area contributed by atoms with Crippen LogP contribution in [0.4, 0.5) is 4.39 Å². The van der Waals surface area contributed by atoms with Gasteiger partial charge in [-0.3, -0.25) is 9.36 Å². The van der Waals surface area contributed by atoms with Crippen LogP contribution in [0.25, 0.3) is 28.2 Å². The molecule has 0 spiro atoms. The molecule has 2 aromatic carbocycles. The maximum Gasteiger partial charge on any atom is 0.266 e. The number of para-hydroxylation sites is 1. The quantitative estimate of drug-likeness (QED) is 0.265. The van der Waals surface area contributed by atoms with Crippen LogP contribution in [0.3, 0.4) is 0 Å². The Labute approximate surface area is 185 Å². The maximum absolute atomic E-state index is 14.3. The Bertz CT molecular complexity index is 1480. The van der Waals surface area contributed by atoms with Crippen molar-refractivity contribution in [2.24, 2.45) is 0 Å². The molecule has 1 atom stereocenters. The maximum atomic E-state index is 14.3. The number of hydrogen-bond acceptors (Lipinski definition) is 7. The Hall–Kier alpha value is -3.72. The number of rotatable bonds is 5. The summed E-state index contributed by atoms with van der Waals surface area (Å²) in [5, 5.41) is 4.46. The lowest BCUT2D eigenvalue weighted by atomic mass is 10.2. The molecule has 0 amide bonds. The molecule has 7 nitrogen and oxygen atoms in total. The Balaban J connectivity index is 1.59. The Kier molecular flexibility index (Phi) is 5.10. The number of aryl methyl sites for hydroxylation is 1. The lowest BCUT2D eigenvalue weighted by Crippen LogP contribution is -2.22. The molecule has 0 fully saturated rings. The van der Waals surface area contributed by atoms with Gasteiger partial charge in [0.1, 0.15) is 5.82 Å². The van der Waals surface area contributed by atoms with Gasteiger partial charge in [0.2, 0.25) is 11.7 Å². The summed E-state index contributed by atoms with van der Waals surface area (Å²) in [5.41, 5.74) is 1.16. The second kappa shape index (κ2) is 8.08. The van der Waals surface area contributed by atoms with Gasteiger partial charge < -0.3 is 8.94 Å². The van der Waals surface area contributed by atoms with E-state index in [0.29, 0.717) is 44.8 Å². The number of furan rings is 1. The summed E-state index contributed by atoms with van der Waals surface area (Å²) in [7, 11) is 0. The molecular weight excluding hydrogens is 431 g/mol. The highest BCUT2D eigenvalue weighted by molar-refractivity contribution is 7.99. The van der Waals surface area contributed by atoms with Crippen molar-refractivity contribution in [2.45, 2.75) is 24.3 Å². The van der Waals surface area contributed by atoms with Gasteiger partial charge >= 0.3 is 0 Å². The van der Waals surface area contributed by atoms with E-state index in [1.807, 2.05) is 13.0 Å². The first-order chi connectivity index (χ1) is 15.5. The topological polar surface area (TPSA) is 86.9 Å². The van der Waals surface area contributed by atoms with Gasteiger partial charge in [-0.1, -0.05) is 35.1 Å². The third kappa shape index (κ3) is 3.60. The van der Waals surface area contributed by atoms with E-state index >= 15 is 0 Å². The molecule has 3 aromatic heterocycles. The van der Waals surface area contributed by atoms with Crippen LogP contribution in [0.15, 0.2) is 79.8 Å². The number of benzene rings is 2. The van der Waals surface area contributed by atoms with Crippen molar-refractivity contribution < 1.29 is 13.3 Å². The van der Waals surface area contributed by atoms with Crippen LogP contribution < -0.4 is 5.56 Å². The van der Waals surface area contributed by atoms with Crippen molar-refractivity contribution in [2.75, 3.05) is 0 Å². The van der Waals surface area contributed by atoms with Gasteiger partial charge in [-0.25, -0.2) is 9.37 Å². The lowest BCUT2D eigenvalue weighted by Gasteiger charge is -2.15. The zero-order valence-corrected chi connectivity index (χ0v) is 18.0. The standard InChI is InChI=1S/C23H17FN4O3S/c1-13-9-10-15(12-17(13)24)28-22(29)16-6-3-4-7-18(16)25-23(28)32-14(2)21-26-20(27-31-21)19-8-5-11-30-19/h3-12,14H,1-2H3/t14-/m1/s1. The van der Waals surface area contributed by atoms with Crippen molar-refractivity contribution >= 4 is 22.7 Å². The molecule has 0 saturated carbocycles. The lowest BCUT2D eigenvalue weighted by molar-refractivity contribution is 0.379. The van der Waals surface area contributed by atoms with Crippen molar-refractivity contribution in [1.82, 2.24) is 19.7 Å². The highest BCUT2D eigenvalue weighted by Gasteiger charge is 2.22. The normalized spacial score (nSPS) is 12.3. The largest absolute Gasteiger partial charge is 0.461 e. The fourth-order valence-electron chi connectivity index (χ4n) is 3.25. The predicted octanol–water partition coefficient (Wildman–Crippen LogP) is 5.33. The number of fused-ring (bicyclic) bond motifs is 1. The van der Waals surface area contributed by atoms with E-state index < -0.39 is 5.82 Å². The SMILES string of the molecule is Cc1ccc(-n2c(S[C@H](C)c3nc(-c4ccco4)no3)nc3ccccc3c2=O)cc1F. The van der Waals surface area contributed by atoms with E-state index in [1.54, 1.807) is 49.4 Å². The molecule has 0 aliphatic heterocycles. The minimum absolute atomic E-state index is 0.282. The fourth-order valence-corrected chi connectivity index (χ4v) is 4.21. The van der Waals surface area contributed by atoms with Crippen LogP contribution in [-0.4, -0.2) is 19.7 Å². The van der Waals surface area contributed by atoms with Crippen LogP contribution >= 0.6 is 11.8 Å². The zero-order valence-electron chi connectivity index (χ0n) is 17.2. The van der Waals surface area contributed by atoms with Gasteiger partial charge in [0.05, 0.1) is 28.1 Å². The van der Waals surface area contributed by atoms with Gasteiger partial charge in [-0.05, 0) is 55.8 Å². The minimum Gasteiger partial charge on any atom is -0.461 e.